The van der Waals surface area contributed by atoms with Gasteiger partial charge in [0.05, 0.1) is 12.6 Å². The summed E-state index contributed by atoms with van der Waals surface area (Å²) in [7, 11) is 0. The number of carbonyl (C=O) groups excluding carboxylic acids is 1. The zero-order valence-electron chi connectivity index (χ0n) is 20.9. The zero-order chi connectivity index (χ0) is 25.5. The van der Waals surface area contributed by atoms with Crippen LogP contribution in [0.3, 0.4) is 0 Å². The Bertz CT molecular complexity index is 875. The van der Waals surface area contributed by atoms with E-state index in [1.807, 2.05) is 55.9 Å². The number of rotatable bonds is 16. The Balaban J connectivity index is 1.79. The summed E-state index contributed by atoms with van der Waals surface area (Å²) >= 11 is 1.85. The van der Waals surface area contributed by atoms with Crippen molar-refractivity contribution in [1.82, 2.24) is 4.90 Å². The molecule has 7 nitrogen and oxygen atoms in total. The standard InChI is InChI=1S/C27H37NO6S/c1-4-32-25(26(29)30)19-22-11-13-24(14-12-22)33-17-16-28(27(31)34-21(2)3)15-8-18-35-20-23-9-6-5-7-10-23/h5-7,9-14,21,25H,4,8,15-20H2,1-3H3,(H,29,30). The molecular formula is C27H37NO6S. The predicted octanol–water partition coefficient (Wildman–Crippen LogP) is 5.27. The van der Waals surface area contributed by atoms with Gasteiger partial charge in [0.25, 0.3) is 0 Å². The van der Waals surface area contributed by atoms with Crippen LogP contribution in [0.15, 0.2) is 54.6 Å². The Morgan fingerprint density at radius 1 is 1.00 bits per heavy atom. The molecule has 0 bridgehead atoms. The van der Waals surface area contributed by atoms with Crippen LogP contribution in [0.25, 0.3) is 0 Å². The van der Waals surface area contributed by atoms with Crippen molar-refractivity contribution in [2.75, 3.05) is 32.1 Å². The van der Waals surface area contributed by atoms with Crippen LogP contribution in [0.5, 0.6) is 5.75 Å². The van der Waals surface area contributed by atoms with Crippen LogP contribution >= 0.6 is 11.8 Å². The lowest BCUT2D eigenvalue weighted by atomic mass is 10.1. The van der Waals surface area contributed by atoms with E-state index in [-0.39, 0.29) is 12.2 Å². The van der Waals surface area contributed by atoms with Crippen LogP contribution in [-0.4, -0.2) is 66.3 Å². The highest BCUT2D eigenvalue weighted by Crippen LogP contribution is 2.16. The van der Waals surface area contributed by atoms with E-state index in [0.717, 1.165) is 23.5 Å². The number of benzene rings is 2. The SMILES string of the molecule is CCOC(Cc1ccc(OCCN(CCCSCc2ccccc2)C(=O)OC(C)C)cc1)C(=O)O. The minimum absolute atomic E-state index is 0.183. The van der Waals surface area contributed by atoms with Crippen LogP contribution in [0.4, 0.5) is 4.79 Å². The molecule has 1 unspecified atom stereocenters. The van der Waals surface area contributed by atoms with Crippen LogP contribution in [-0.2, 0) is 26.4 Å². The average Bonchev–Trinajstić information content (AvgIpc) is 2.83. The summed E-state index contributed by atoms with van der Waals surface area (Å²) in [5.74, 6) is 1.59. The van der Waals surface area contributed by atoms with E-state index in [2.05, 4.69) is 12.1 Å². The van der Waals surface area contributed by atoms with E-state index in [9.17, 15) is 14.7 Å². The highest BCUT2D eigenvalue weighted by molar-refractivity contribution is 7.98. The van der Waals surface area contributed by atoms with Crippen LogP contribution < -0.4 is 4.74 Å². The van der Waals surface area contributed by atoms with Gasteiger partial charge in [-0.2, -0.15) is 11.8 Å². The monoisotopic (exact) mass is 503 g/mol. The maximum Gasteiger partial charge on any atom is 0.410 e. The highest BCUT2D eigenvalue weighted by atomic mass is 32.2. The molecule has 2 aromatic rings. The molecule has 0 spiro atoms. The van der Waals surface area contributed by atoms with Gasteiger partial charge in [0.15, 0.2) is 6.10 Å². The third-order valence-electron chi connectivity index (χ3n) is 5.04. The first-order chi connectivity index (χ1) is 16.9. The van der Waals surface area contributed by atoms with Crippen molar-refractivity contribution in [3.8, 4) is 5.75 Å². The number of ether oxygens (including phenoxy) is 3. The number of carbonyl (C=O) groups is 2. The molecule has 0 heterocycles. The number of thioether (sulfide) groups is 1. The first kappa shape index (κ1) is 28.5. The fourth-order valence-corrected chi connectivity index (χ4v) is 4.23. The van der Waals surface area contributed by atoms with E-state index in [1.165, 1.54) is 5.56 Å². The molecule has 0 saturated carbocycles. The molecule has 1 atom stereocenters. The van der Waals surface area contributed by atoms with E-state index in [1.54, 1.807) is 24.0 Å². The number of carboxylic acids is 1. The van der Waals surface area contributed by atoms with Gasteiger partial charge in [-0.25, -0.2) is 9.59 Å². The summed E-state index contributed by atoms with van der Waals surface area (Å²) in [5, 5.41) is 9.24. The molecule has 35 heavy (non-hydrogen) atoms. The van der Waals surface area contributed by atoms with Crippen molar-refractivity contribution in [2.45, 2.75) is 51.6 Å². The van der Waals surface area contributed by atoms with Crippen molar-refractivity contribution in [3.05, 3.63) is 65.7 Å². The van der Waals surface area contributed by atoms with E-state index in [4.69, 9.17) is 14.2 Å². The molecule has 2 rings (SSSR count). The third kappa shape index (κ3) is 11.5. The summed E-state index contributed by atoms with van der Waals surface area (Å²) in [5.41, 5.74) is 2.15. The second kappa shape index (κ2) is 16.1. The molecule has 0 aliphatic carbocycles. The highest BCUT2D eigenvalue weighted by Gasteiger charge is 2.18. The first-order valence-electron chi connectivity index (χ1n) is 12.0. The van der Waals surface area contributed by atoms with E-state index in [0.29, 0.717) is 38.5 Å². The number of amides is 1. The number of hydrogen-bond donors (Lipinski definition) is 1. The number of aliphatic carboxylic acids is 1. The summed E-state index contributed by atoms with van der Waals surface area (Å²) in [4.78, 5) is 25.5. The maximum atomic E-state index is 12.5. The van der Waals surface area contributed by atoms with Gasteiger partial charge in [-0.3, -0.25) is 0 Å². The lowest BCUT2D eigenvalue weighted by Crippen LogP contribution is -2.37. The molecule has 0 saturated heterocycles. The van der Waals surface area contributed by atoms with Crippen LogP contribution in [0, 0.1) is 0 Å². The van der Waals surface area contributed by atoms with Crippen molar-refractivity contribution in [1.29, 1.82) is 0 Å². The molecule has 0 aliphatic heterocycles. The van der Waals surface area contributed by atoms with Gasteiger partial charge in [-0.05, 0) is 56.2 Å². The van der Waals surface area contributed by atoms with Gasteiger partial charge in [0.1, 0.15) is 12.4 Å². The fourth-order valence-electron chi connectivity index (χ4n) is 3.32. The van der Waals surface area contributed by atoms with Crippen molar-refractivity contribution < 1.29 is 28.9 Å². The quantitative estimate of drug-likeness (QED) is 0.312. The normalized spacial score (nSPS) is 11.8. The molecule has 1 amide bonds. The Hall–Kier alpha value is -2.71. The van der Waals surface area contributed by atoms with Crippen LogP contribution in [0.1, 0.15) is 38.3 Å². The van der Waals surface area contributed by atoms with Crippen molar-refractivity contribution in [3.63, 3.8) is 0 Å². The first-order valence-corrected chi connectivity index (χ1v) is 13.2. The molecule has 0 fully saturated rings. The van der Waals surface area contributed by atoms with Gasteiger partial charge in [0, 0.05) is 25.3 Å². The van der Waals surface area contributed by atoms with Gasteiger partial charge >= 0.3 is 12.1 Å². The van der Waals surface area contributed by atoms with Crippen LogP contribution in [0.2, 0.25) is 0 Å². The largest absolute Gasteiger partial charge is 0.492 e. The smallest absolute Gasteiger partial charge is 0.410 e. The Kier molecular flexibility index (Phi) is 13.1. The molecule has 0 aromatic heterocycles. The van der Waals surface area contributed by atoms with Crippen molar-refractivity contribution in [2.24, 2.45) is 0 Å². The lowest BCUT2D eigenvalue weighted by molar-refractivity contribution is -0.149. The minimum Gasteiger partial charge on any atom is -0.492 e. The Labute approximate surface area is 212 Å². The van der Waals surface area contributed by atoms with E-state index >= 15 is 0 Å². The number of carboxylic acid groups (broad SMARTS) is 1. The lowest BCUT2D eigenvalue weighted by Gasteiger charge is -2.23. The molecule has 192 valence electrons. The average molecular weight is 504 g/mol. The van der Waals surface area contributed by atoms with Crippen molar-refractivity contribution >= 4 is 23.8 Å². The topological polar surface area (TPSA) is 85.3 Å². The molecule has 2 aromatic carbocycles. The fraction of sp³-hybridized carbons (Fsp3) is 0.481. The summed E-state index contributed by atoms with van der Waals surface area (Å²) < 4.78 is 16.5. The summed E-state index contributed by atoms with van der Waals surface area (Å²) in [6.45, 7) is 7.15. The molecule has 0 radical (unpaired) electrons. The maximum absolute atomic E-state index is 12.5. The Morgan fingerprint density at radius 3 is 2.34 bits per heavy atom. The summed E-state index contributed by atoms with van der Waals surface area (Å²) in [6.07, 6.45) is -0.220. The zero-order valence-corrected chi connectivity index (χ0v) is 21.7. The van der Waals surface area contributed by atoms with Gasteiger partial charge in [-0.1, -0.05) is 42.5 Å². The minimum atomic E-state index is -0.973. The molecule has 8 heteroatoms. The van der Waals surface area contributed by atoms with Gasteiger partial charge in [-0.15, -0.1) is 0 Å². The van der Waals surface area contributed by atoms with E-state index < -0.39 is 12.1 Å². The Morgan fingerprint density at radius 2 is 1.71 bits per heavy atom. The van der Waals surface area contributed by atoms with Gasteiger partial charge in [0.2, 0.25) is 0 Å². The predicted molar refractivity (Wildman–Crippen MR) is 139 cm³/mol. The summed E-state index contributed by atoms with van der Waals surface area (Å²) in [6, 6.07) is 17.6. The molecule has 1 N–H and O–H groups in total. The second-order valence-corrected chi connectivity index (χ2v) is 9.40. The molecule has 0 aliphatic rings. The van der Waals surface area contributed by atoms with Gasteiger partial charge < -0.3 is 24.2 Å². The number of hydrogen-bond acceptors (Lipinski definition) is 6. The molecular weight excluding hydrogens is 466 g/mol. The number of nitrogens with zero attached hydrogens (tertiary/aromatic N) is 1. The third-order valence-corrected chi connectivity index (χ3v) is 6.16. The second-order valence-electron chi connectivity index (χ2n) is 8.29.